The Labute approximate surface area is 200 Å². The van der Waals surface area contributed by atoms with Crippen molar-refractivity contribution in [2.75, 3.05) is 31.1 Å². The number of piperidine rings is 1. The molecule has 1 unspecified atom stereocenters. The van der Waals surface area contributed by atoms with Crippen molar-refractivity contribution in [3.8, 4) is 6.07 Å². The molecule has 2 fully saturated rings. The second-order valence-electron chi connectivity index (χ2n) is 8.68. The van der Waals surface area contributed by atoms with Crippen molar-refractivity contribution in [1.29, 1.82) is 5.26 Å². The van der Waals surface area contributed by atoms with Crippen LogP contribution in [-0.4, -0.2) is 57.4 Å². The first-order valence-corrected chi connectivity index (χ1v) is 14.1. The molecule has 2 amide bonds. The molecule has 1 aliphatic carbocycles. The highest BCUT2D eigenvalue weighted by molar-refractivity contribution is 8.00. The van der Waals surface area contributed by atoms with Gasteiger partial charge in [0.25, 0.3) is 0 Å². The lowest BCUT2D eigenvalue weighted by atomic mass is 9.80. The van der Waals surface area contributed by atoms with Crippen LogP contribution < -0.4 is 16.0 Å². The Bertz CT molecular complexity index is 954. The van der Waals surface area contributed by atoms with Crippen LogP contribution in [0.25, 0.3) is 0 Å². The molecule has 33 heavy (non-hydrogen) atoms. The number of benzene rings is 1. The molecule has 0 bridgehead atoms. The number of amides is 2. The first kappa shape index (κ1) is 25.5. The van der Waals surface area contributed by atoms with Crippen molar-refractivity contribution in [3.05, 3.63) is 24.3 Å². The maximum atomic E-state index is 13.0. The zero-order valence-electron chi connectivity index (χ0n) is 18.7. The molecule has 1 aliphatic heterocycles. The quantitative estimate of drug-likeness (QED) is 0.355. The molecule has 1 aromatic rings. The highest BCUT2D eigenvalue weighted by atomic mass is 32.2. The predicted octanol–water partition coefficient (Wildman–Crippen LogP) is 1.87. The minimum absolute atomic E-state index is 0.0246. The summed E-state index contributed by atoms with van der Waals surface area (Å²) < 4.78 is 26.0. The van der Waals surface area contributed by atoms with Crippen molar-refractivity contribution in [2.45, 2.75) is 54.4 Å². The third-order valence-electron chi connectivity index (χ3n) is 6.24. The van der Waals surface area contributed by atoms with Crippen molar-refractivity contribution in [2.24, 2.45) is 11.8 Å². The fraction of sp³-hybridized carbons (Fsp3) is 0.609. The van der Waals surface area contributed by atoms with Crippen LogP contribution in [0.2, 0.25) is 0 Å². The minimum atomic E-state index is -3.55. The summed E-state index contributed by atoms with van der Waals surface area (Å²) in [6, 6.07) is 8.67. The maximum absolute atomic E-state index is 13.0. The van der Waals surface area contributed by atoms with E-state index in [4.69, 9.17) is 5.26 Å². The second-order valence-corrected chi connectivity index (χ2v) is 11.8. The van der Waals surface area contributed by atoms with Gasteiger partial charge < -0.3 is 16.0 Å². The van der Waals surface area contributed by atoms with Crippen LogP contribution in [0.4, 0.5) is 0 Å². The highest BCUT2D eigenvalue weighted by Gasteiger charge is 2.34. The average molecular weight is 493 g/mol. The number of hydrogen-bond acceptors (Lipinski definition) is 7. The molecule has 3 rings (SSSR count). The Morgan fingerprint density at radius 2 is 1.88 bits per heavy atom. The number of sulfone groups is 1. The van der Waals surface area contributed by atoms with Crippen molar-refractivity contribution >= 4 is 33.4 Å². The third-order valence-corrected chi connectivity index (χ3v) is 9.11. The predicted molar refractivity (Wildman–Crippen MR) is 127 cm³/mol. The van der Waals surface area contributed by atoms with E-state index in [0.29, 0.717) is 12.8 Å². The van der Waals surface area contributed by atoms with Gasteiger partial charge in [-0.2, -0.15) is 5.26 Å². The fourth-order valence-corrected chi connectivity index (χ4v) is 6.94. The number of rotatable bonds is 9. The number of thioether (sulfide) groups is 1. The van der Waals surface area contributed by atoms with E-state index in [9.17, 15) is 18.0 Å². The average Bonchev–Trinajstić information content (AvgIpc) is 2.82. The number of hydrogen-bond donors (Lipinski definition) is 3. The molecule has 1 saturated carbocycles. The number of nitrogens with one attached hydrogen (secondary N) is 3. The van der Waals surface area contributed by atoms with Crippen LogP contribution in [0, 0.1) is 23.2 Å². The van der Waals surface area contributed by atoms with E-state index >= 15 is 0 Å². The topological polar surface area (TPSA) is 128 Å². The van der Waals surface area contributed by atoms with Gasteiger partial charge in [0.2, 0.25) is 11.8 Å². The molecule has 3 N–H and O–H groups in total. The van der Waals surface area contributed by atoms with Gasteiger partial charge in [0.15, 0.2) is 9.84 Å². The van der Waals surface area contributed by atoms with Crippen molar-refractivity contribution < 1.29 is 18.0 Å². The standard InChI is InChI=1S/C23H32N4O4S2/c24-11-13-26-23(29)21-6-2-1-4-17(21)16-33(30,31)20-9-7-19(8-10-20)32-15-22(28)27-18-5-3-12-25-14-18/h7-10,17-18,21,25H,1-6,12-16H2,(H,26,29)(H,27,28)/t17-,18?,21+/m0/s1. The van der Waals surface area contributed by atoms with Gasteiger partial charge >= 0.3 is 0 Å². The molecule has 2 aliphatic rings. The van der Waals surface area contributed by atoms with Gasteiger partial charge in [-0.3, -0.25) is 9.59 Å². The molecule has 0 radical (unpaired) electrons. The van der Waals surface area contributed by atoms with Crippen LogP contribution in [0.5, 0.6) is 0 Å². The van der Waals surface area contributed by atoms with Gasteiger partial charge in [-0.1, -0.05) is 12.8 Å². The SMILES string of the molecule is N#CCNC(=O)[C@@H]1CCCC[C@H]1CS(=O)(=O)c1ccc(SCC(=O)NC2CCCNC2)cc1. The summed E-state index contributed by atoms with van der Waals surface area (Å²) in [5.74, 6) is -0.690. The molecule has 8 nitrogen and oxygen atoms in total. The number of carbonyl (C=O) groups excluding carboxylic acids is 2. The van der Waals surface area contributed by atoms with E-state index in [1.165, 1.54) is 11.8 Å². The van der Waals surface area contributed by atoms with E-state index in [2.05, 4.69) is 16.0 Å². The highest BCUT2D eigenvalue weighted by Crippen LogP contribution is 2.33. The zero-order chi connectivity index (χ0) is 23.7. The van der Waals surface area contributed by atoms with Crippen LogP contribution in [0.1, 0.15) is 38.5 Å². The van der Waals surface area contributed by atoms with Crippen LogP contribution in [0.3, 0.4) is 0 Å². The molecule has 0 aromatic heterocycles. The molecule has 10 heteroatoms. The number of nitriles is 1. The summed E-state index contributed by atoms with van der Waals surface area (Å²) >= 11 is 1.38. The maximum Gasteiger partial charge on any atom is 0.230 e. The smallest absolute Gasteiger partial charge is 0.230 e. The normalized spacial score (nSPS) is 23.3. The summed E-state index contributed by atoms with van der Waals surface area (Å²) in [6.45, 7) is 1.72. The first-order chi connectivity index (χ1) is 15.9. The van der Waals surface area contributed by atoms with Crippen molar-refractivity contribution in [3.63, 3.8) is 0 Å². The minimum Gasteiger partial charge on any atom is -0.351 e. The molecular formula is C23H32N4O4S2. The lowest BCUT2D eigenvalue weighted by Gasteiger charge is -2.30. The van der Waals surface area contributed by atoms with Crippen LogP contribution >= 0.6 is 11.8 Å². The summed E-state index contributed by atoms with van der Waals surface area (Å²) in [6.07, 6.45) is 5.15. The Hall–Kier alpha value is -2.09. The van der Waals surface area contributed by atoms with E-state index in [1.807, 2.05) is 6.07 Å². The van der Waals surface area contributed by atoms with Gasteiger partial charge in [-0.05, 0) is 62.4 Å². The fourth-order valence-electron chi connectivity index (χ4n) is 4.52. The van der Waals surface area contributed by atoms with Gasteiger partial charge in [-0.25, -0.2) is 8.42 Å². The summed E-state index contributed by atoms with van der Waals surface area (Å²) in [4.78, 5) is 25.6. The van der Waals surface area contributed by atoms with Crippen LogP contribution in [0.15, 0.2) is 34.1 Å². The van der Waals surface area contributed by atoms with Gasteiger partial charge in [-0.15, -0.1) is 11.8 Å². The molecule has 1 aromatic carbocycles. The van der Waals surface area contributed by atoms with Gasteiger partial charge in [0.1, 0.15) is 6.54 Å². The Morgan fingerprint density at radius 3 is 2.58 bits per heavy atom. The Morgan fingerprint density at radius 1 is 1.12 bits per heavy atom. The largest absolute Gasteiger partial charge is 0.351 e. The van der Waals surface area contributed by atoms with E-state index in [1.54, 1.807) is 24.3 Å². The molecule has 1 heterocycles. The van der Waals surface area contributed by atoms with Crippen molar-refractivity contribution in [1.82, 2.24) is 16.0 Å². The molecular weight excluding hydrogens is 460 g/mol. The first-order valence-electron chi connectivity index (χ1n) is 11.5. The summed E-state index contributed by atoms with van der Waals surface area (Å²) in [5.41, 5.74) is 0. The molecule has 1 saturated heterocycles. The molecule has 0 spiro atoms. The Balaban J connectivity index is 1.54. The summed E-state index contributed by atoms with van der Waals surface area (Å²) in [7, 11) is -3.55. The van der Waals surface area contributed by atoms with Gasteiger partial charge in [0, 0.05) is 23.4 Å². The number of nitrogens with zero attached hydrogens (tertiary/aromatic N) is 1. The molecule has 3 atom stereocenters. The van der Waals surface area contributed by atoms with E-state index in [0.717, 1.165) is 43.7 Å². The number of carbonyl (C=O) groups is 2. The lowest BCUT2D eigenvalue weighted by molar-refractivity contribution is -0.127. The second kappa shape index (κ2) is 12.4. The third kappa shape index (κ3) is 7.73. The molecule has 180 valence electrons. The van der Waals surface area contributed by atoms with Crippen LogP contribution in [-0.2, 0) is 19.4 Å². The van der Waals surface area contributed by atoms with E-state index in [-0.39, 0.29) is 52.6 Å². The summed E-state index contributed by atoms with van der Waals surface area (Å²) in [5, 5.41) is 17.6. The Kier molecular flexibility index (Phi) is 9.59. The van der Waals surface area contributed by atoms with E-state index < -0.39 is 9.84 Å². The zero-order valence-corrected chi connectivity index (χ0v) is 20.3. The van der Waals surface area contributed by atoms with Gasteiger partial charge in [0.05, 0.1) is 22.5 Å². The monoisotopic (exact) mass is 492 g/mol. The lowest BCUT2D eigenvalue weighted by Crippen LogP contribution is -2.46.